The van der Waals surface area contributed by atoms with Crippen molar-refractivity contribution in [3.63, 3.8) is 0 Å². The molecule has 4 aromatic heterocycles. The van der Waals surface area contributed by atoms with Gasteiger partial charge in [-0.15, -0.1) is 45.3 Å². The van der Waals surface area contributed by atoms with Gasteiger partial charge in [-0.05, 0) is 106 Å². The average molecular weight is 1210 g/mol. The lowest BCUT2D eigenvalue weighted by Gasteiger charge is -2.31. The van der Waals surface area contributed by atoms with Gasteiger partial charge < -0.3 is 24.4 Å². The number of benzene rings is 4. The Bertz CT molecular complexity index is 3130. The van der Waals surface area contributed by atoms with Crippen LogP contribution >= 0.6 is 45.3 Å². The van der Waals surface area contributed by atoms with Gasteiger partial charge in [0.25, 0.3) is 0 Å². The van der Waals surface area contributed by atoms with Crippen molar-refractivity contribution in [1.29, 1.82) is 0 Å². The van der Waals surface area contributed by atoms with Crippen LogP contribution < -0.4 is 23.2 Å². The Morgan fingerprint density at radius 1 is 0.354 bits per heavy atom. The van der Waals surface area contributed by atoms with Gasteiger partial charge in [-0.3, -0.25) is 0 Å². The minimum Gasteiger partial charge on any atom is -0.494 e. The van der Waals surface area contributed by atoms with Crippen molar-refractivity contribution >= 4 is 79.9 Å². The smallest absolute Gasteiger partial charge is 0.143 e. The molecule has 0 radical (unpaired) electrons. The van der Waals surface area contributed by atoms with Gasteiger partial charge >= 0.3 is 0 Å². The first kappa shape index (κ1) is 63.7. The molecule has 82 heavy (non-hydrogen) atoms. The van der Waals surface area contributed by atoms with Crippen molar-refractivity contribution in [3.8, 4) is 36.8 Å². The first-order valence-electron chi connectivity index (χ1n) is 31.0. The van der Waals surface area contributed by atoms with E-state index in [0.29, 0.717) is 19.8 Å². The third kappa shape index (κ3) is 15.6. The summed E-state index contributed by atoms with van der Waals surface area (Å²) in [6.07, 6.45) is 21.6. The maximum absolute atomic E-state index is 14.6. The second-order valence-corrected chi connectivity index (χ2v) is 39.8. The van der Waals surface area contributed by atoms with Crippen molar-refractivity contribution in [2.45, 2.75) is 194 Å². The lowest BCUT2D eigenvalue weighted by Crippen LogP contribution is -2.34. The van der Waals surface area contributed by atoms with Crippen LogP contribution in [0.4, 0.5) is 0 Å². The molecule has 0 saturated carbocycles. The first-order chi connectivity index (χ1) is 39.5. The van der Waals surface area contributed by atoms with Crippen LogP contribution in [0.25, 0.3) is 28.9 Å². The van der Waals surface area contributed by atoms with Crippen LogP contribution in [-0.4, -0.2) is 46.2 Å². The number of ether oxygens (including phenoxy) is 3. The molecule has 0 aliphatic heterocycles. The van der Waals surface area contributed by atoms with Gasteiger partial charge in [-0.2, -0.15) is 0 Å². The Morgan fingerprint density at radius 3 is 0.915 bits per heavy atom. The van der Waals surface area contributed by atoms with Crippen molar-refractivity contribution in [2.75, 3.05) is 19.8 Å². The van der Waals surface area contributed by atoms with Crippen LogP contribution in [0.5, 0.6) is 17.2 Å². The molecule has 440 valence electrons. The summed E-state index contributed by atoms with van der Waals surface area (Å²) in [5.41, 5.74) is 2.61. The lowest BCUT2D eigenvalue weighted by molar-refractivity contribution is 0.127. The van der Waals surface area contributed by atoms with Crippen LogP contribution in [0.3, 0.4) is 0 Å². The quantitative estimate of drug-likeness (QED) is 0.0311. The molecular formula is C71H94O5S4Si2. The van der Waals surface area contributed by atoms with E-state index in [1.807, 2.05) is 59.1 Å². The molecule has 1 atom stereocenters. The highest BCUT2D eigenvalue weighted by atomic mass is 32.1. The zero-order valence-electron chi connectivity index (χ0n) is 51.1. The van der Waals surface area contributed by atoms with Gasteiger partial charge in [0.2, 0.25) is 0 Å². The van der Waals surface area contributed by atoms with Crippen molar-refractivity contribution in [3.05, 3.63) is 160 Å². The molecule has 1 unspecified atom stereocenters. The number of rotatable bonds is 34. The van der Waals surface area contributed by atoms with Gasteiger partial charge in [0.15, 0.2) is 0 Å². The zero-order valence-corrected chi connectivity index (χ0v) is 56.4. The molecule has 8 aromatic rings. The van der Waals surface area contributed by atoms with E-state index >= 15 is 0 Å². The number of hydrogen-bond acceptors (Lipinski definition) is 9. The predicted molar refractivity (Wildman–Crippen MR) is 364 cm³/mol. The SMILES string of the molecule is CCCCCCCCOc1ccc(C(O)(c2ccc(C)cc2)c2c(-c3ccc([Si](C)(C)C)s3)sc3c(C(O)(c4ccc(OCCCCCCCC)cc4)c4ccc(OCCCCCCCC)cc4)c(-c4ccc([Si](C)(C)C)s4)sc23)cc1. The lowest BCUT2D eigenvalue weighted by atomic mass is 9.78. The fourth-order valence-electron chi connectivity index (χ4n) is 11.0. The molecule has 0 spiro atoms. The fraction of sp³-hybridized carbons (Fsp3) is 0.465. The van der Waals surface area contributed by atoms with Crippen molar-refractivity contribution in [1.82, 2.24) is 0 Å². The van der Waals surface area contributed by atoms with Crippen molar-refractivity contribution < 1.29 is 24.4 Å². The summed E-state index contributed by atoms with van der Waals surface area (Å²) >= 11 is 7.15. The Hall–Kier alpha value is -4.31. The fourth-order valence-corrected chi connectivity index (χ4v) is 20.1. The molecule has 8 rings (SSSR count). The Kier molecular flexibility index (Phi) is 23.1. The van der Waals surface area contributed by atoms with E-state index in [1.165, 1.54) is 86.1 Å². The maximum atomic E-state index is 14.6. The standard InChI is InChI=1S/C71H94O5S4Si2/c1-11-14-17-20-23-26-49-74-57-39-33-54(34-40-57)70(72,53-31-29-52(4)30-32-53)64-66(60-45-47-62(77-60)81(5,6)7)79-69-65(67(80-68(64)69)61-46-48-63(78-61)82(8,9)10)71(73,55-35-41-58(42-36-55)75-50-27-24-21-18-15-12-2)56-37-43-59(44-38-56)76-51-28-25-22-19-16-13-3/h29-48,72-73H,11-28,49-51H2,1-10H3. The van der Waals surface area contributed by atoms with Gasteiger partial charge in [-0.25, -0.2) is 0 Å². The number of hydrogen-bond donors (Lipinski definition) is 2. The number of unbranched alkanes of at least 4 members (excludes halogenated alkanes) is 15. The number of aryl methyl sites for hydroxylation is 1. The number of fused-ring (bicyclic) bond motifs is 1. The van der Waals surface area contributed by atoms with Crippen LogP contribution in [-0.2, 0) is 11.2 Å². The highest BCUT2D eigenvalue weighted by Gasteiger charge is 2.46. The van der Waals surface area contributed by atoms with Crippen molar-refractivity contribution in [2.24, 2.45) is 0 Å². The van der Waals surface area contributed by atoms with Gasteiger partial charge in [0, 0.05) is 20.9 Å². The summed E-state index contributed by atoms with van der Waals surface area (Å²) in [5, 5.41) is 29.1. The summed E-state index contributed by atoms with van der Waals surface area (Å²) in [5.74, 6) is 2.40. The van der Waals surface area contributed by atoms with Gasteiger partial charge in [0.1, 0.15) is 28.5 Å². The highest BCUT2D eigenvalue weighted by Crippen LogP contribution is 2.59. The third-order valence-corrected chi connectivity index (χ3v) is 28.2. The maximum Gasteiger partial charge on any atom is 0.143 e. The Balaban J connectivity index is 1.34. The topological polar surface area (TPSA) is 68.2 Å². The Labute approximate surface area is 511 Å². The van der Waals surface area contributed by atoms with Crippen LogP contribution in [0.1, 0.15) is 175 Å². The molecule has 0 aliphatic rings. The van der Waals surface area contributed by atoms with Gasteiger partial charge in [-0.1, -0.05) is 235 Å². The molecule has 0 saturated heterocycles. The number of thiophene rings is 4. The van der Waals surface area contributed by atoms with E-state index in [4.69, 9.17) is 14.2 Å². The summed E-state index contributed by atoms with van der Waals surface area (Å²) in [6.45, 7) is 25.3. The molecule has 0 aliphatic carbocycles. The summed E-state index contributed by atoms with van der Waals surface area (Å²) in [7, 11) is -3.49. The Morgan fingerprint density at radius 2 is 0.634 bits per heavy atom. The zero-order chi connectivity index (χ0) is 58.3. The monoisotopic (exact) mass is 1210 g/mol. The minimum atomic E-state index is -1.75. The molecular weight excluding hydrogens is 1120 g/mol. The molecule has 2 N–H and O–H groups in total. The van der Waals surface area contributed by atoms with E-state index < -0.39 is 27.3 Å². The molecule has 11 heteroatoms. The van der Waals surface area contributed by atoms with Crippen LogP contribution in [0.15, 0.2) is 121 Å². The molecule has 4 heterocycles. The first-order valence-corrected chi connectivity index (χ1v) is 41.3. The minimum absolute atomic E-state index is 0.658. The van der Waals surface area contributed by atoms with E-state index in [9.17, 15) is 10.2 Å². The largest absolute Gasteiger partial charge is 0.494 e. The van der Waals surface area contributed by atoms with E-state index in [1.54, 1.807) is 22.7 Å². The molecule has 0 bridgehead atoms. The van der Waals surface area contributed by atoms with Crippen LogP contribution in [0, 0.1) is 6.92 Å². The average Bonchev–Trinajstić information content (AvgIpc) is 4.39. The summed E-state index contributed by atoms with van der Waals surface area (Å²) in [4.78, 5) is 4.27. The second kappa shape index (κ2) is 29.7. The van der Waals surface area contributed by atoms with E-state index in [-0.39, 0.29) is 0 Å². The second-order valence-electron chi connectivity index (χ2n) is 24.8. The molecule has 0 fully saturated rings. The molecule has 4 aromatic carbocycles. The normalized spacial score (nSPS) is 13.0. The van der Waals surface area contributed by atoms with E-state index in [2.05, 4.69) is 152 Å². The summed E-state index contributed by atoms with van der Waals surface area (Å²) in [6, 6.07) is 42.3. The third-order valence-electron chi connectivity index (χ3n) is 16.0. The molecule has 0 amide bonds. The predicted octanol–water partition coefficient (Wildman–Crippen LogP) is 20.6. The number of aliphatic hydroxyl groups is 2. The summed E-state index contributed by atoms with van der Waals surface area (Å²) < 4.78 is 24.0. The highest BCUT2D eigenvalue weighted by molar-refractivity contribution is 7.36. The van der Waals surface area contributed by atoms with Gasteiger partial charge in [0.05, 0.1) is 55.1 Å². The van der Waals surface area contributed by atoms with Crippen LogP contribution in [0.2, 0.25) is 39.3 Å². The molecule has 5 nitrogen and oxygen atoms in total. The van der Waals surface area contributed by atoms with E-state index in [0.717, 1.165) is 124 Å².